The van der Waals surface area contributed by atoms with Gasteiger partial charge in [0.15, 0.2) is 17.4 Å². The highest BCUT2D eigenvalue weighted by atomic mass is 19.2. The summed E-state index contributed by atoms with van der Waals surface area (Å²) in [5.74, 6) is -9.26. The second kappa shape index (κ2) is 5.27. The van der Waals surface area contributed by atoms with Crippen molar-refractivity contribution in [1.29, 1.82) is 0 Å². The van der Waals surface area contributed by atoms with Gasteiger partial charge in [-0.05, 0) is 6.07 Å². The lowest BCUT2D eigenvalue weighted by Crippen LogP contribution is -2.53. The minimum Gasteiger partial charge on any atom is -0.503 e. The molecular weight excluding hydrogens is 291 g/mol. The zero-order valence-corrected chi connectivity index (χ0v) is 10.9. The Balaban J connectivity index is 2.15. The number of nitrogens with zero attached hydrogens (tertiary/aromatic N) is 1. The number of carboxylic acids is 1. The summed E-state index contributed by atoms with van der Waals surface area (Å²) in [5.41, 5.74) is -0.784. The number of benzene rings is 1. The van der Waals surface area contributed by atoms with Gasteiger partial charge in [-0.25, -0.2) is 8.78 Å². The maximum absolute atomic E-state index is 13.6. The van der Waals surface area contributed by atoms with Crippen LogP contribution in [0.15, 0.2) is 6.07 Å². The van der Waals surface area contributed by atoms with E-state index in [0.717, 1.165) is 4.90 Å². The Morgan fingerprint density at radius 1 is 1.29 bits per heavy atom. The lowest BCUT2D eigenvalue weighted by molar-refractivity contribution is -0.144. The summed E-state index contributed by atoms with van der Waals surface area (Å²) in [4.78, 5) is 23.8. The van der Waals surface area contributed by atoms with Gasteiger partial charge in [0.1, 0.15) is 0 Å². The molecule has 0 bridgehead atoms. The van der Waals surface area contributed by atoms with Crippen molar-refractivity contribution in [1.82, 2.24) is 4.90 Å². The second-order valence-corrected chi connectivity index (χ2v) is 4.98. The number of carbonyl (C=O) groups is 2. The van der Waals surface area contributed by atoms with Crippen LogP contribution in [0.1, 0.15) is 17.3 Å². The number of hydrogen-bond acceptors (Lipinski definition) is 3. The molecule has 1 aromatic rings. The molecule has 0 aliphatic carbocycles. The Hall–Kier alpha value is -2.25. The van der Waals surface area contributed by atoms with Crippen LogP contribution in [-0.4, -0.2) is 40.1 Å². The van der Waals surface area contributed by atoms with Crippen molar-refractivity contribution in [3.05, 3.63) is 29.1 Å². The van der Waals surface area contributed by atoms with E-state index in [1.165, 1.54) is 6.92 Å². The number of carbonyl (C=O) groups excluding carboxylic acids is 1. The Bertz CT molecular complexity index is 614. The number of rotatable bonds is 3. The van der Waals surface area contributed by atoms with Crippen molar-refractivity contribution in [3.8, 4) is 5.75 Å². The van der Waals surface area contributed by atoms with Gasteiger partial charge in [0, 0.05) is 19.0 Å². The minimum atomic E-state index is -1.76. The summed E-state index contributed by atoms with van der Waals surface area (Å²) in [6.45, 7) is 1.63. The van der Waals surface area contributed by atoms with E-state index in [2.05, 4.69) is 0 Å². The summed E-state index contributed by atoms with van der Waals surface area (Å²) < 4.78 is 39.7. The maximum atomic E-state index is 13.6. The first-order valence-corrected chi connectivity index (χ1v) is 6.12. The quantitative estimate of drug-likeness (QED) is 0.832. The predicted molar refractivity (Wildman–Crippen MR) is 64.2 cm³/mol. The number of phenols is 1. The molecule has 1 saturated heterocycles. The van der Waals surface area contributed by atoms with Gasteiger partial charge in [0.25, 0.3) is 5.91 Å². The van der Waals surface area contributed by atoms with Crippen molar-refractivity contribution in [3.63, 3.8) is 0 Å². The maximum Gasteiger partial charge on any atom is 0.306 e. The molecule has 0 aromatic heterocycles. The van der Waals surface area contributed by atoms with Crippen LogP contribution in [0, 0.1) is 29.3 Å². The summed E-state index contributed by atoms with van der Waals surface area (Å²) in [6, 6.07) is 0.376. The number of likely N-dealkylation sites (tertiary alicyclic amines) is 1. The van der Waals surface area contributed by atoms with Gasteiger partial charge in [0.05, 0.1) is 11.5 Å². The van der Waals surface area contributed by atoms with Gasteiger partial charge >= 0.3 is 5.97 Å². The normalized spacial score (nSPS) is 16.5. The Labute approximate surface area is 117 Å². The highest BCUT2D eigenvalue weighted by Crippen LogP contribution is 2.30. The molecule has 1 aliphatic rings. The van der Waals surface area contributed by atoms with E-state index < -0.39 is 46.6 Å². The van der Waals surface area contributed by atoms with Crippen molar-refractivity contribution in [2.45, 2.75) is 6.92 Å². The fourth-order valence-electron chi connectivity index (χ4n) is 2.11. The molecule has 5 nitrogen and oxygen atoms in total. The van der Waals surface area contributed by atoms with Gasteiger partial charge in [-0.3, -0.25) is 9.59 Å². The van der Waals surface area contributed by atoms with Crippen LogP contribution in [0.2, 0.25) is 0 Å². The van der Waals surface area contributed by atoms with Crippen LogP contribution in [0.5, 0.6) is 5.75 Å². The fourth-order valence-corrected chi connectivity index (χ4v) is 2.11. The number of carboxylic acid groups (broad SMARTS) is 1. The average molecular weight is 303 g/mol. The highest BCUT2D eigenvalue weighted by molar-refractivity contribution is 5.95. The Kier molecular flexibility index (Phi) is 3.80. The van der Waals surface area contributed by atoms with E-state index in [4.69, 9.17) is 10.2 Å². The summed E-state index contributed by atoms with van der Waals surface area (Å²) in [5, 5.41) is 17.9. The largest absolute Gasteiger partial charge is 0.503 e. The van der Waals surface area contributed by atoms with Gasteiger partial charge in [-0.2, -0.15) is 4.39 Å². The number of aromatic hydroxyl groups is 1. The molecule has 1 fully saturated rings. The second-order valence-electron chi connectivity index (χ2n) is 4.98. The predicted octanol–water partition coefficient (Wildman–Crippen LogP) is 1.60. The number of halogens is 3. The van der Waals surface area contributed by atoms with Gasteiger partial charge in [0.2, 0.25) is 5.82 Å². The molecule has 1 amide bonds. The molecule has 0 saturated carbocycles. The lowest BCUT2D eigenvalue weighted by atomic mass is 9.86. The zero-order chi connectivity index (χ0) is 15.9. The first kappa shape index (κ1) is 15.1. The highest BCUT2D eigenvalue weighted by Gasteiger charge is 2.38. The molecule has 0 radical (unpaired) electrons. The van der Waals surface area contributed by atoms with E-state index in [1.807, 2.05) is 0 Å². The number of phenolic OH excluding ortho intramolecular Hbond substituents is 1. The molecule has 1 unspecified atom stereocenters. The summed E-state index contributed by atoms with van der Waals surface area (Å²) in [7, 11) is 0. The topological polar surface area (TPSA) is 77.8 Å². The van der Waals surface area contributed by atoms with Crippen molar-refractivity contribution >= 4 is 11.9 Å². The molecule has 1 aliphatic heterocycles. The van der Waals surface area contributed by atoms with Crippen LogP contribution < -0.4 is 0 Å². The third-order valence-electron chi connectivity index (χ3n) is 3.66. The van der Waals surface area contributed by atoms with E-state index in [1.54, 1.807) is 0 Å². The molecule has 1 heterocycles. The average Bonchev–Trinajstić information content (AvgIpc) is 2.38. The first-order chi connectivity index (χ1) is 9.73. The van der Waals surface area contributed by atoms with Crippen LogP contribution in [0.4, 0.5) is 13.2 Å². The van der Waals surface area contributed by atoms with E-state index in [-0.39, 0.29) is 19.0 Å². The molecule has 114 valence electrons. The molecule has 8 heteroatoms. The number of amides is 1. The van der Waals surface area contributed by atoms with Crippen molar-refractivity contribution in [2.24, 2.45) is 11.8 Å². The Morgan fingerprint density at radius 3 is 2.38 bits per heavy atom. The zero-order valence-electron chi connectivity index (χ0n) is 10.9. The van der Waals surface area contributed by atoms with E-state index in [9.17, 15) is 22.8 Å². The van der Waals surface area contributed by atoms with Crippen LogP contribution in [-0.2, 0) is 4.79 Å². The Morgan fingerprint density at radius 2 is 1.86 bits per heavy atom. The SMILES string of the molecule is CC(C(=O)O)C1CN(C(=O)c2cc(F)c(F)c(O)c2F)C1. The molecule has 1 aromatic carbocycles. The van der Waals surface area contributed by atoms with Crippen LogP contribution in [0.3, 0.4) is 0 Å². The molecule has 0 spiro atoms. The first-order valence-electron chi connectivity index (χ1n) is 6.12. The van der Waals surface area contributed by atoms with E-state index >= 15 is 0 Å². The molecule has 21 heavy (non-hydrogen) atoms. The molecule has 2 rings (SSSR count). The van der Waals surface area contributed by atoms with Crippen molar-refractivity contribution < 1.29 is 33.0 Å². The van der Waals surface area contributed by atoms with Crippen LogP contribution >= 0.6 is 0 Å². The van der Waals surface area contributed by atoms with Gasteiger partial charge in [-0.15, -0.1) is 0 Å². The third-order valence-corrected chi connectivity index (χ3v) is 3.66. The lowest BCUT2D eigenvalue weighted by Gasteiger charge is -2.41. The van der Waals surface area contributed by atoms with Crippen molar-refractivity contribution in [2.75, 3.05) is 13.1 Å². The monoisotopic (exact) mass is 303 g/mol. The molecule has 1 atom stereocenters. The fraction of sp³-hybridized carbons (Fsp3) is 0.385. The molecule has 2 N–H and O–H groups in total. The smallest absolute Gasteiger partial charge is 0.306 e. The third kappa shape index (κ3) is 2.53. The van der Waals surface area contributed by atoms with E-state index in [0.29, 0.717) is 6.07 Å². The van der Waals surface area contributed by atoms with Gasteiger partial charge in [-0.1, -0.05) is 6.92 Å². The standard InChI is InChI=1S/C13H12F3NO4/c1-5(13(20)21)6-3-17(4-6)12(19)7-2-8(14)10(16)11(18)9(7)15/h2,5-6,18H,3-4H2,1H3,(H,20,21). The number of aliphatic carboxylic acids is 1. The summed E-state index contributed by atoms with van der Waals surface area (Å²) in [6.07, 6.45) is 0. The molecular formula is C13H12F3NO4. The minimum absolute atomic E-state index is 0.0749. The van der Waals surface area contributed by atoms with Crippen LogP contribution in [0.25, 0.3) is 0 Å². The summed E-state index contributed by atoms with van der Waals surface area (Å²) >= 11 is 0. The number of hydrogen-bond donors (Lipinski definition) is 2. The van der Waals surface area contributed by atoms with Gasteiger partial charge < -0.3 is 15.1 Å².